The summed E-state index contributed by atoms with van der Waals surface area (Å²) in [6.45, 7) is 7.14. The average Bonchev–Trinajstić information content (AvgIpc) is 3.88. The lowest BCUT2D eigenvalue weighted by atomic mass is 9.70. The highest BCUT2D eigenvalue weighted by Crippen LogP contribution is 2.63. The van der Waals surface area contributed by atoms with E-state index >= 15 is 0 Å². The molecular formula is C56H40N2. The van der Waals surface area contributed by atoms with Crippen LogP contribution in [-0.4, -0.2) is 4.57 Å². The number of allylic oxidation sites excluding steroid dienone is 4. The average molecular weight is 741 g/mol. The Bertz CT molecular complexity index is 3080. The number of aromatic nitrogens is 1. The Labute approximate surface area is 339 Å². The monoisotopic (exact) mass is 740 g/mol. The van der Waals surface area contributed by atoms with E-state index in [9.17, 15) is 0 Å². The number of para-hydroxylation sites is 2. The molecular weight excluding hydrogens is 701 g/mol. The van der Waals surface area contributed by atoms with Gasteiger partial charge < -0.3 is 9.47 Å². The first-order chi connectivity index (χ1) is 28.7. The van der Waals surface area contributed by atoms with E-state index in [1.54, 1.807) is 0 Å². The molecule has 0 aliphatic heterocycles. The summed E-state index contributed by atoms with van der Waals surface area (Å²) < 4.78 is 2.39. The molecule has 1 spiro atoms. The molecule has 0 saturated carbocycles. The summed E-state index contributed by atoms with van der Waals surface area (Å²) in [6, 6.07) is 72.7. The van der Waals surface area contributed by atoms with E-state index in [2.05, 4.69) is 229 Å². The van der Waals surface area contributed by atoms with Crippen LogP contribution < -0.4 is 4.90 Å². The van der Waals surface area contributed by atoms with Gasteiger partial charge in [-0.15, -0.1) is 0 Å². The van der Waals surface area contributed by atoms with Gasteiger partial charge in [-0.3, -0.25) is 0 Å². The number of fused-ring (bicyclic) bond motifs is 10. The molecule has 274 valence electrons. The van der Waals surface area contributed by atoms with Crippen molar-refractivity contribution in [3.8, 4) is 27.9 Å². The van der Waals surface area contributed by atoms with Gasteiger partial charge in [0.05, 0.1) is 16.4 Å². The summed E-state index contributed by atoms with van der Waals surface area (Å²) in [6.07, 6.45) is 4.66. The summed E-state index contributed by atoms with van der Waals surface area (Å²) in [4.78, 5) is 2.34. The van der Waals surface area contributed by atoms with Crippen LogP contribution in [0.5, 0.6) is 0 Å². The molecule has 0 radical (unpaired) electrons. The van der Waals surface area contributed by atoms with E-state index in [1.165, 1.54) is 71.9 Å². The molecule has 1 aromatic heterocycles. The molecule has 8 aromatic carbocycles. The molecule has 0 fully saturated rings. The molecule has 0 atom stereocenters. The summed E-state index contributed by atoms with van der Waals surface area (Å²) in [5.41, 5.74) is 18.6. The second-order valence-corrected chi connectivity index (χ2v) is 15.3. The van der Waals surface area contributed by atoms with Gasteiger partial charge in [-0.05, 0) is 111 Å². The Morgan fingerprint density at radius 2 is 1.02 bits per heavy atom. The Hall–Kier alpha value is -7.42. The van der Waals surface area contributed by atoms with Crippen molar-refractivity contribution in [3.63, 3.8) is 0 Å². The van der Waals surface area contributed by atoms with Crippen LogP contribution in [0.4, 0.5) is 11.4 Å². The Kier molecular flexibility index (Phi) is 7.80. The first-order valence-corrected chi connectivity index (χ1v) is 20.1. The van der Waals surface area contributed by atoms with Crippen molar-refractivity contribution in [2.24, 2.45) is 0 Å². The van der Waals surface area contributed by atoms with Crippen LogP contribution >= 0.6 is 0 Å². The normalized spacial score (nSPS) is 14.9. The lowest BCUT2D eigenvalue weighted by molar-refractivity contribution is 0.793. The number of rotatable bonds is 6. The van der Waals surface area contributed by atoms with Crippen LogP contribution in [0, 0.1) is 0 Å². The van der Waals surface area contributed by atoms with E-state index in [0.29, 0.717) is 0 Å². The quantitative estimate of drug-likeness (QED) is 0.165. The van der Waals surface area contributed by atoms with E-state index in [0.717, 1.165) is 28.3 Å². The molecule has 0 N–H and O–H groups in total. The number of hydrogen-bond donors (Lipinski definition) is 0. The minimum atomic E-state index is -0.499. The van der Waals surface area contributed by atoms with Gasteiger partial charge in [0.15, 0.2) is 0 Å². The first-order valence-electron chi connectivity index (χ1n) is 20.1. The fourth-order valence-corrected chi connectivity index (χ4v) is 9.95. The summed E-state index contributed by atoms with van der Waals surface area (Å²) in [5, 5.41) is 2.45. The Balaban J connectivity index is 1.16. The molecule has 2 aliphatic carbocycles. The number of anilines is 2. The zero-order valence-corrected chi connectivity index (χ0v) is 32.3. The second kappa shape index (κ2) is 13.4. The topological polar surface area (TPSA) is 8.17 Å². The molecule has 2 aliphatic rings. The third-order valence-corrected chi connectivity index (χ3v) is 12.3. The standard InChI is InChI=1S/C56H40N2/c1-3-44-45-22-10-14-26-50(45)56(51-27-15-11-23-46(51)47-24-12-16-28-52(47)56)53(44)36-38(2)57(42-32-30-40(31-33-42)39-18-6-4-7-19-39)43-34-35-49-48-25-13-17-29-54(48)58(55(49)37-43)41-20-8-5-9-21-41/h3-37H,2H2,1H3/b44-3-,53-36+. The van der Waals surface area contributed by atoms with Crippen LogP contribution in [0.3, 0.4) is 0 Å². The van der Waals surface area contributed by atoms with Crippen molar-refractivity contribution < 1.29 is 0 Å². The van der Waals surface area contributed by atoms with Crippen molar-refractivity contribution in [2.45, 2.75) is 12.3 Å². The van der Waals surface area contributed by atoms with Crippen molar-refractivity contribution in [1.82, 2.24) is 4.57 Å². The fourth-order valence-electron chi connectivity index (χ4n) is 9.95. The maximum absolute atomic E-state index is 4.97. The molecule has 0 unspecified atom stereocenters. The maximum atomic E-state index is 4.97. The van der Waals surface area contributed by atoms with Gasteiger partial charge in [0.2, 0.25) is 0 Å². The van der Waals surface area contributed by atoms with Gasteiger partial charge in [0, 0.05) is 33.5 Å². The number of nitrogens with zero attached hydrogens (tertiary/aromatic N) is 2. The smallest absolute Gasteiger partial charge is 0.0726 e. The summed E-state index contributed by atoms with van der Waals surface area (Å²) >= 11 is 0. The summed E-state index contributed by atoms with van der Waals surface area (Å²) in [7, 11) is 0. The zero-order valence-electron chi connectivity index (χ0n) is 32.3. The van der Waals surface area contributed by atoms with Gasteiger partial charge >= 0.3 is 0 Å². The van der Waals surface area contributed by atoms with Crippen molar-refractivity contribution >= 4 is 38.8 Å². The molecule has 2 nitrogen and oxygen atoms in total. The van der Waals surface area contributed by atoms with E-state index in [-0.39, 0.29) is 0 Å². The highest BCUT2D eigenvalue weighted by molar-refractivity contribution is 6.10. The van der Waals surface area contributed by atoms with Crippen LogP contribution in [0.2, 0.25) is 0 Å². The predicted octanol–water partition coefficient (Wildman–Crippen LogP) is 14.5. The zero-order chi connectivity index (χ0) is 38.8. The molecule has 9 aromatic rings. The van der Waals surface area contributed by atoms with Gasteiger partial charge in [0.25, 0.3) is 0 Å². The fraction of sp³-hybridized carbons (Fsp3) is 0.0357. The maximum Gasteiger partial charge on any atom is 0.0726 e. The number of hydrogen-bond acceptors (Lipinski definition) is 1. The van der Waals surface area contributed by atoms with Crippen LogP contribution in [0.25, 0.3) is 55.3 Å². The molecule has 0 saturated heterocycles. The third kappa shape index (κ3) is 4.92. The van der Waals surface area contributed by atoms with Crippen LogP contribution in [-0.2, 0) is 5.41 Å². The van der Waals surface area contributed by atoms with E-state index < -0.39 is 5.41 Å². The van der Waals surface area contributed by atoms with E-state index in [4.69, 9.17) is 6.58 Å². The van der Waals surface area contributed by atoms with Gasteiger partial charge in [-0.25, -0.2) is 0 Å². The minimum Gasteiger partial charge on any atom is -0.311 e. The van der Waals surface area contributed by atoms with Gasteiger partial charge in [0.1, 0.15) is 0 Å². The molecule has 58 heavy (non-hydrogen) atoms. The van der Waals surface area contributed by atoms with Crippen molar-refractivity contribution in [3.05, 3.63) is 252 Å². The Morgan fingerprint density at radius 1 is 0.500 bits per heavy atom. The second-order valence-electron chi connectivity index (χ2n) is 15.3. The lowest BCUT2D eigenvalue weighted by Gasteiger charge is -2.32. The molecule has 2 heteroatoms. The van der Waals surface area contributed by atoms with Crippen molar-refractivity contribution in [1.29, 1.82) is 0 Å². The molecule has 0 bridgehead atoms. The Morgan fingerprint density at radius 3 is 1.69 bits per heavy atom. The highest BCUT2D eigenvalue weighted by atomic mass is 15.1. The number of benzene rings is 8. The van der Waals surface area contributed by atoms with Crippen LogP contribution in [0.15, 0.2) is 230 Å². The minimum absolute atomic E-state index is 0.499. The SMILES string of the molecule is C=C(/C=C1\C(=C/C)c2ccccc2C12c1ccccc1-c1ccccc12)N(c1ccc(-c2ccccc2)cc1)c1ccc2c3ccccc3n(-c3ccccc3)c2c1. The first kappa shape index (κ1) is 33.9. The largest absolute Gasteiger partial charge is 0.311 e. The lowest BCUT2D eigenvalue weighted by Crippen LogP contribution is -2.27. The summed E-state index contributed by atoms with van der Waals surface area (Å²) in [5.74, 6) is 0. The van der Waals surface area contributed by atoms with Gasteiger partial charge in [-0.1, -0.05) is 170 Å². The van der Waals surface area contributed by atoms with Gasteiger partial charge in [-0.2, -0.15) is 0 Å². The van der Waals surface area contributed by atoms with Crippen LogP contribution in [0.1, 0.15) is 29.2 Å². The van der Waals surface area contributed by atoms with E-state index in [1.807, 2.05) is 0 Å². The predicted molar refractivity (Wildman–Crippen MR) is 244 cm³/mol. The van der Waals surface area contributed by atoms with Crippen molar-refractivity contribution in [2.75, 3.05) is 4.90 Å². The molecule has 11 rings (SSSR count). The molecule has 0 amide bonds. The highest BCUT2D eigenvalue weighted by Gasteiger charge is 2.53. The molecule has 1 heterocycles. The third-order valence-electron chi connectivity index (χ3n) is 12.3.